The molecule has 29 heavy (non-hydrogen) atoms. The average Bonchev–Trinajstić information content (AvgIpc) is 2.73. The van der Waals surface area contributed by atoms with Crippen LogP contribution >= 0.6 is 0 Å². The molecule has 0 atom stereocenters. The van der Waals surface area contributed by atoms with Gasteiger partial charge in [0.15, 0.2) is 0 Å². The standard InChI is InChI=1S/C26H33NO2/c1-2-20-18-27(19-20)16-17-29-25-14-10-23(11-15-25)26(21-6-4-3-5-7-21)22-8-12-24(28)13-9-22/h8-15,20,28H,2-7,16-19H2,1H3. The van der Waals surface area contributed by atoms with Gasteiger partial charge in [-0.05, 0) is 72.6 Å². The zero-order valence-corrected chi connectivity index (χ0v) is 17.6. The number of aromatic hydroxyl groups is 1. The van der Waals surface area contributed by atoms with Crippen LogP contribution in [0.3, 0.4) is 0 Å². The summed E-state index contributed by atoms with van der Waals surface area (Å²) in [7, 11) is 0. The van der Waals surface area contributed by atoms with E-state index < -0.39 is 0 Å². The molecular formula is C26H33NO2. The maximum Gasteiger partial charge on any atom is 0.119 e. The van der Waals surface area contributed by atoms with Crippen molar-refractivity contribution in [3.8, 4) is 11.5 Å². The molecule has 3 heteroatoms. The van der Waals surface area contributed by atoms with Gasteiger partial charge in [0.25, 0.3) is 0 Å². The molecule has 1 saturated heterocycles. The highest BCUT2D eigenvalue weighted by molar-refractivity contribution is 5.82. The molecule has 1 N–H and O–H groups in total. The third-order valence-electron chi connectivity index (χ3n) is 6.40. The third kappa shape index (κ3) is 5.02. The smallest absolute Gasteiger partial charge is 0.119 e. The third-order valence-corrected chi connectivity index (χ3v) is 6.40. The van der Waals surface area contributed by atoms with Crippen molar-refractivity contribution >= 4 is 5.57 Å². The Morgan fingerprint density at radius 2 is 1.55 bits per heavy atom. The summed E-state index contributed by atoms with van der Waals surface area (Å²) in [6.07, 6.45) is 7.50. The van der Waals surface area contributed by atoms with E-state index in [-0.39, 0.29) is 0 Å². The molecule has 0 unspecified atom stereocenters. The minimum absolute atomic E-state index is 0.318. The molecule has 1 aliphatic heterocycles. The molecule has 1 heterocycles. The van der Waals surface area contributed by atoms with Crippen LogP contribution in [-0.2, 0) is 0 Å². The first-order valence-electron chi connectivity index (χ1n) is 11.2. The van der Waals surface area contributed by atoms with Crippen molar-refractivity contribution in [2.24, 2.45) is 5.92 Å². The van der Waals surface area contributed by atoms with E-state index in [0.717, 1.165) is 24.8 Å². The molecule has 2 fully saturated rings. The van der Waals surface area contributed by atoms with Gasteiger partial charge in [0, 0.05) is 19.6 Å². The van der Waals surface area contributed by atoms with Crippen LogP contribution in [0.5, 0.6) is 11.5 Å². The van der Waals surface area contributed by atoms with Crippen LogP contribution in [0.2, 0.25) is 0 Å². The summed E-state index contributed by atoms with van der Waals surface area (Å²) >= 11 is 0. The molecular weight excluding hydrogens is 358 g/mol. The Morgan fingerprint density at radius 3 is 2.17 bits per heavy atom. The minimum atomic E-state index is 0.318. The fourth-order valence-electron chi connectivity index (χ4n) is 4.56. The maximum atomic E-state index is 9.69. The van der Waals surface area contributed by atoms with Gasteiger partial charge in [0.1, 0.15) is 18.1 Å². The number of hydrogen-bond donors (Lipinski definition) is 1. The summed E-state index contributed by atoms with van der Waals surface area (Å²) in [6, 6.07) is 16.2. The second-order valence-corrected chi connectivity index (χ2v) is 8.49. The van der Waals surface area contributed by atoms with E-state index in [2.05, 4.69) is 36.1 Å². The molecule has 3 nitrogen and oxygen atoms in total. The van der Waals surface area contributed by atoms with E-state index in [4.69, 9.17) is 4.74 Å². The number of allylic oxidation sites excluding steroid dienone is 1. The van der Waals surface area contributed by atoms with Crippen LogP contribution in [0.1, 0.15) is 56.6 Å². The molecule has 1 saturated carbocycles. The largest absolute Gasteiger partial charge is 0.508 e. The topological polar surface area (TPSA) is 32.7 Å². The van der Waals surface area contributed by atoms with Crippen molar-refractivity contribution in [1.29, 1.82) is 0 Å². The molecule has 0 amide bonds. The lowest BCUT2D eigenvalue weighted by Gasteiger charge is -2.38. The Labute approximate surface area is 175 Å². The fourth-order valence-corrected chi connectivity index (χ4v) is 4.56. The molecule has 154 valence electrons. The van der Waals surface area contributed by atoms with Crippen LogP contribution in [0.15, 0.2) is 54.1 Å². The summed E-state index contributed by atoms with van der Waals surface area (Å²) in [4.78, 5) is 2.47. The number of likely N-dealkylation sites (tertiary alicyclic amines) is 1. The average molecular weight is 392 g/mol. The highest BCUT2D eigenvalue weighted by Crippen LogP contribution is 2.36. The van der Waals surface area contributed by atoms with Crippen molar-refractivity contribution in [1.82, 2.24) is 4.90 Å². The molecule has 0 radical (unpaired) electrons. The summed E-state index contributed by atoms with van der Waals surface area (Å²) in [6.45, 7) is 6.49. The number of benzene rings is 2. The highest BCUT2D eigenvalue weighted by Gasteiger charge is 2.24. The first-order valence-corrected chi connectivity index (χ1v) is 11.2. The van der Waals surface area contributed by atoms with Gasteiger partial charge < -0.3 is 9.84 Å². The van der Waals surface area contributed by atoms with Crippen LogP contribution < -0.4 is 4.74 Å². The SMILES string of the molecule is CCC1CN(CCOc2ccc(C(=C3CCCCC3)c3ccc(O)cc3)cc2)C1. The Morgan fingerprint density at radius 1 is 0.931 bits per heavy atom. The predicted octanol–water partition coefficient (Wildman–Crippen LogP) is 5.88. The Bertz CT molecular complexity index is 809. The number of ether oxygens (including phenoxy) is 1. The number of hydrogen-bond acceptors (Lipinski definition) is 3. The highest BCUT2D eigenvalue weighted by atomic mass is 16.5. The van der Waals surface area contributed by atoms with E-state index in [0.29, 0.717) is 5.75 Å². The van der Waals surface area contributed by atoms with E-state index in [1.165, 1.54) is 68.3 Å². The molecule has 1 aliphatic carbocycles. The first kappa shape index (κ1) is 20.0. The summed E-state index contributed by atoms with van der Waals surface area (Å²) in [5.41, 5.74) is 5.31. The summed E-state index contributed by atoms with van der Waals surface area (Å²) in [5.74, 6) is 2.15. The van der Waals surface area contributed by atoms with Crippen molar-refractivity contribution in [3.05, 3.63) is 65.2 Å². The van der Waals surface area contributed by atoms with E-state index in [9.17, 15) is 5.11 Å². The van der Waals surface area contributed by atoms with Gasteiger partial charge >= 0.3 is 0 Å². The predicted molar refractivity (Wildman–Crippen MR) is 119 cm³/mol. The lowest BCUT2D eigenvalue weighted by molar-refractivity contribution is 0.0806. The second-order valence-electron chi connectivity index (χ2n) is 8.49. The molecule has 2 aromatic rings. The Kier molecular flexibility index (Phi) is 6.56. The molecule has 0 spiro atoms. The maximum absolute atomic E-state index is 9.69. The Balaban J connectivity index is 1.45. The van der Waals surface area contributed by atoms with Crippen LogP contribution in [0.25, 0.3) is 5.57 Å². The van der Waals surface area contributed by atoms with Crippen molar-refractivity contribution in [2.75, 3.05) is 26.2 Å². The van der Waals surface area contributed by atoms with E-state index in [1.807, 2.05) is 12.1 Å². The van der Waals surface area contributed by atoms with Gasteiger partial charge in [-0.25, -0.2) is 0 Å². The fraction of sp³-hybridized carbons (Fsp3) is 0.462. The molecule has 2 aromatic carbocycles. The number of phenols is 1. The second kappa shape index (κ2) is 9.49. The molecule has 2 aliphatic rings. The quantitative estimate of drug-likeness (QED) is 0.640. The normalized spacial score (nSPS) is 17.8. The first-order chi connectivity index (χ1) is 14.2. The van der Waals surface area contributed by atoms with Gasteiger partial charge in [-0.2, -0.15) is 0 Å². The monoisotopic (exact) mass is 391 g/mol. The molecule has 4 rings (SSSR count). The van der Waals surface area contributed by atoms with Gasteiger partial charge in [-0.15, -0.1) is 0 Å². The van der Waals surface area contributed by atoms with Crippen LogP contribution in [0.4, 0.5) is 0 Å². The molecule has 0 aromatic heterocycles. The number of phenolic OH excluding ortho intramolecular Hbond substituents is 1. The number of nitrogens with zero attached hydrogens (tertiary/aromatic N) is 1. The minimum Gasteiger partial charge on any atom is -0.508 e. The van der Waals surface area contributed by atoms with Crippen molar-refractivity contribution < 1.29 is 9.84 Å². The van der Waals surface area contributed by atoms with Gasteiger partial charge in [-0.1, -0.05) is 49.6 Å². The van der Waals surface area contributed by atoms with Crippen molar-refractivity contribution in [3.63, 3.8) is 0 Å². The van der Waals surface area contributed by atoms with Gasteiger partial charge in [-0.3, -0.25) is 4.90 Å². The zero-order valence-electron chi connectivity index (χ0n) is 17.6. The number of rotatable bonds is 7. The Hall–Kier alpha value is -2.26. The van der Waals surface area contributed by atoms with Crippen molar-refractivity contribution in [2.45, 2.75) is 45.4 Å². The lowest BCUT2D eigenvalue weighted by Crippen LogP contribution is -2.47. The molecule has 0 bridgehead atoms. The van der Waals surface area contributed by atoms with E-state index >= 15 is 0 Å². The van der Waals surface area contributed by atoms with E-state index in [1.54, 1.807) is 17.7 Å². The summed E-state index contributed by atoms with van der Waals surface area (Å²) < 4.78 is 5.99. The van der Waals surface area contributed by atoms with Crippen LogP contribution in [-0.4, -0.2) is 36.2 Å². The van der Waals surface area contributed by atoms with Crippen LogP contribution in [0, 0.1) is 5.92 Å². The van der Waals surface area contributed by atoms with Gasteiger partial charge in [0.05, 0.1) is 0 Å². The lowest BCUT2D eigenvalue weighted by atomic mass is 9.85. The zero-order chi connectivity index (χ0) is 20.1. The summed E-state index contributed by atoms with van der Waals surface area (Å²) in [5, 5.41) is 9.69. The van der Waals surface area contributed by atoms with Gasteiger partial charge in [0.2, 0.25) is 0 Å².